The number of likely N-dealkylation sites (N-methyl/N-ethyl adjacent to an activating group) is 1. The minimum absolute atomic E-state index is 0.304. The standard InChI is InChI=1S/C18H24N8O/c1-25(10-13-7-14(11-27-3)24-23-13)17-15-9-20-26(2)18(15)22-16(21-17)12-5-4-6-19-8-12/h4-6,8-9,13-14,23-24H,7,10-11H2,1-3H3. The summed E-state index contributed by atoms with van der Waals surface area (Å²) in [4.78, 5) is 15.9. The molecule has 27 heavy (non-hydrogen) atoms. The Kier molecular flexibility index (Phi) is 4.97. The number of aryl methyl sites for hydroxylation is 1. The molecule has 142 valence electrons. The van der Waals surface area contributed by atoms with Gasteiger partial charge in [0.1, 0.15) is 5.82 Å². The zero-order chi connectivity index (χ0) is 18.8. The van der Waals surface area contributed by atoms with Crippen LogP contribution in [-0.2, 0) is 11.8 Å². The number of anilines is 1. The molecule has 0 aliphatic carbocycles. The predicted octanol–water partition coefficient (Wildman–Crippen LogP) is 0.743. The van der Waals surface area contributed by atoms with Crippen molar-refractivity contribution in [3.8, 4) is 11.4 Å². The first-order chi connectivity index (χ1) is 13.2. The summed E-state index contributed by atoms with van der Waals surface area (Å²) < 4.78 is 7.01. The number of methoxy groups -OCH3 is 1. The van der Waals surface area contributed by atoms with Gasteiger partial charge in [-0.2, -0.15) is 5.10 Å². The Hall–Kier alpha value is -2.62. The van der Waals surface area contributed by atoms with Gasteiger partial charge in [-0.05, 0) is 18.6 Å². The summed E-state index contributed by atoms with van der Waals surface area (Å²) in [6, 6.07) is 4.48. The summed E-state index contributed by atoms with van der Waals surface area (Å²) in [6.07, 6.45) is 6.34. The van der Waals surface area contributed by atoms with Crippen LogP contribution in [0.1, 0.15) is 6.42 Å². The molecule has 3 aromatic heterocycles. The normalized spacial score (nSPS) is 19.7. The number of nitrogens with zero attached hydrogens (tertiary/aromatic N) is 6. The lowest BCUT2D eigenvalue weighted by Gasteiger charge is -2.23. The van der Waals surface area contributed by atoms with Crippen LogP contribution in [0.2, 0.25) is 0 Å². The number of hydrogen-bond donors (Lipinski definition) is 2. The first kappa shape index (κ1) is 17.8. The van der Waals surface area contributed by atoms with Crippen LogP contribution >= 0.6 is 0 Å². The van der Waals surface area contributed by atoms with Crippen LogP contribution in [0, 0.1) is 0 Å². The molecular weight excluding hydrogens is 344 g/mol. The smallest absolute Gasteiger partial charge is 0.165 e. The van der Waals surface area contributed by atoms with E-state index in [9.17, 15) is 0 Å². The van der Waals surface area contributed by atoms with Crippen molar-refractivity contribution in [2.45, 2.75) is 18.5 Å². The molecule has 2 atom stereocenters. The number of hydrazine groups is 1. The number of hydrogen-bond acceptors (Lipinski definition) is 8. The lowest BCUT2D eigenvalue weighted by atomic mass is 10.1. The summed E-state index contributed by atoms with van der Waals surface area (Å²) in [5, 5.41) is 5.31. The molecule has 9 nitrogen and oxygen atoms in total. The molecule has 0 amide bonds. The molecule has 2 N–H and O–H groups in total. The van der Waals surface area contributed by atoms with Gasteiger partial charge >= 0.3 is 0 Å². The highest BCUT2D eigenvalue weighted by Gasteiger charge is 2.26. The molecule has 0 aromatic carbocycles. The van der Waals surface area contributed by atoms with Crippen LogP contribution in [0.25, 0.3) is 22.4 Å². The number of pyridine rings is 1. The van der Waals surface area contributed by atoms with Gasteiger partial charge in [-0.3, -0.25) is 20.5 Å². The third-order valence-corrected chi connectivity index (χ3v) is 4.78. The van der Waals surface area contributed by atoms with Crippen LogP contribution in [0.15, 0.2) is 30.7 Å². The second-order valence-corrected chi connectivity index (χ2v) is 6.87. The molecule has 0 bridgehead atoms. The van der Waals surface area contributed by atoms with Crippen molar-refractivity contribution in [2.75, 3.05) is 32.2 Å². The summed E-state index contributed by atoms with van der Waals surface area (Å²) in [5.74, 6) is 1.51. The van der Waals surface area contributed by atoms with Gasteiger partial charge in [-0.15, -0.1) is 0 Å². The van der Waals surface area contributed by atoms with Gasteiger partial charge < -0.3 is 9.64 Å². The third kappa shape index (κ3) is 3.61. The van der Waals surface area contributed by atoms with Gasteiger partial charge in [0.15, 0.2) is 11.5 Å². The molecule has 1 aliphatic heterocycles. The van der Waals surface area contributed by atoms with E-state index in [4.69, 9.17) is 14.7 Å². The van der Waals surface area contributed by atoms with Crippen molar-refractivity contribution >= 4 is 16.9 Å². The van der Waals surface area contributed by atoms with Gasteiger partial charge in [-0.25, -0.2) is 9.97 Å². The van der Waals surface area contributed by atoms with Crippen molar-refractivity contribution in [1.82, 2.24) is 35.6 Å². The quantitative estimate of drug-likeness (QED) is 0.658. The second-order valence-electron chi connectivity index (χ2n) is 6.87. The van der Waals surface area contributed by atoms with E-state index in [0.717, 1.165) is 35.4 Å². The van der Waals surface area contributed by atoms with E-state index in [1.165, 1.54) is 0 Å². The van der Waals surface area contributed by atoms with Crippen LogP contribution in [-0.4, -0.2) is 64.1 Å². The summed E-state index contributed by atoms with van der Waals surface area (Å²) in [6.45, 7) is 1.50. The van der Waals surface area contributed by atoms with Crippen molar-refractivity contribution in [2.24, 2.45) is 7.05 Å². The first-order valence-electron chi connectivity index (χ1n) is 8.97. The van der Waals surface area contributed by atoms with E-state index in [-0.39, 0.29) is 0 Å². The van der Waals surface area contributed by atoms with Crippen LogP contribution < -0.4 is 15.8 Å². The molecule has 4 heterocycles. The Balaban J connectivity index is 1.64. The summed E-state index contributed by atoms with van der Waals surface area (Å²) in [5.41, 5.74) is 8.32. The van der Waals surface area contributed by atoms with E-state index in [2.05, 4.69) is 25.8 Å². The Morgan fingerprint density at radius 3 is 2.89 bits per heavy atom. The molecule has 9 heteroatoms. The molecule has 1 fully saturated rings. The van der Waals surface area contributed by atoms with Crippen molar-refractivity contribution in [3.63, 3.8) is 0 Å². The molecule has 0 radical (unpaired) electrons. The van der Waals surface area contributed by atoms with Crippen LogP contribution in [0.3, 0.4) is 0 Å². The summed E-state index contributed by atoms with van der Waals surface area (Å²) >= 11 is 0. The first-order valence-corrected chi connectivity index (χ1v) is 8.97. The Bertz CT molecular complexity index is 912. The van der Waals surface area contributed by atoms with E-state index in [1.807, 2.05) is 32.4 Å². The predicted molar refractivity (Wildman–Crippen MR) is 103 cm³/mol. The highest BCUT2D eigenvalue weighted by molar-refractivity contribution is 5.88. The van der Waals surface area contributed by atoms with Gasteiger partial charge in [0.05, 0.1) is 18.2 Å². The minimum atomic E-state index is 0.304. The lowest BCUT2D eigenvalue weighted by Crippen LogP contribution is -2.40. The number of ether oxygens (including phenoxy) is 1. The maximum atomic E-state index is 5.24. The second kappa shape index (κ2) is 7.55. The molecule has 2 unspecified atom stereocenters. The topological polar surface area (TPSA) is 93.0 Å². The molecule has 3 aromatic rings. The molecule has 1 aliphatic rings. The SMILES string of the molecule is COCC1CC(CN(C)c2nc(-c3cccnc3)nc3c2cnn3C)NN1. The number of nitrogens with one attached hydrogen (secondary N) is 2. The molecule has 0 spiro atoms. The van der Waals surface area contributed by atoms with Crippen molar-refractivity contribution in [3.05, 3.63) is 30.7 Å². The molecular formula is C18H24N8O. The number of fused-ring (bicyclic) bond motifs is 1. The lowest BCUT2D eigenvalue weighted by molar-refractivity contribution is 0.171. The Morgan fingerprint density at radius 2 is 2.11 bits per heavy atom. The zero-order valence-electron chi connectivity index (χ0n) is 15.8. The molecule has 1 saturated heterocycles. The monoisotopic (exact) mass is 368 g/mol. The van der Waals surface area contributed by atoms with Gasteiger partial charge in [0.2, 0.25) is 0 Å². The average Bonchev–Trinajstić information content (AvgIpc) is 3.29. The van der Waals surface area contributed by atoms with Gasteiger partial charge in [0.25, 0.3) is 0 Å². The van der Waals surface area contributed by atoms with Gasteiger partial charge in [-0.1, -0.05) is 0 Å². The van der Waals surface area contributed by atoms with E-state index >= 15 is 0 Å². The number of rotatable bonds is 6. The maximum absolute atomic E-state index is 5.24. The van der Waals surface area contributed by atoms with Crippen molar-refractivity contribution in [1.29, 1.82) is 0 Å². The van der Waals surface area contributed by atoms with Crippen LogP contribution in [0.5, 0.6) is 0 Å². The largest absolute Gasteiger partial charge is 0.383 e. The number of aromatic nitrogens is 5. The van der Waals surface area contributed by atoms with E-state index in [1.54, 1.807) is 24.2 Å². The summed E-state index contributed by atoms with van der Waals surface area (Å²) in [7, 11) is 5.66. The molecule has 0 saturated carbocycles. The minimum Gasteiger partial charge on any atom is -0.383 e. The highest BCUT2D eigenvalue weighted by atomic mass is 16.5. The average molecular weight is 368 g/mol. The van der Waals surface area contributed by atoms with Gasteiger partial charge in [0, 0.05) is 57.8 Å². The van der Waals surface area contributed by atoms with E-state index < -0.39 is 0 Å². The van der Waals surface area contributed by atoms with E-state index in [0.29, 0.717) is 24.5 Å². The Labute approximate surface area is 157 Å². The fourth-order valence-electron chi connectivity index (χ4n) is 3.47. The fourth-order valence-corrected chi connectivity index (χ4v) is 3.47. The third-order valence-electron chi connectivity index (χ3n) is 4.78. The van der Waals surface area contributed by atoms with Crippen LogP contribution in [0.4, 0.5) is 5.82 Å². The Morgan fingerprint density at radius 1 is 1.26 bits per heavy atom. The zero-order valence-corrected chi connectivity index (χ0v) is 15.8. The maximum Gasteiger partial charge on any atom is 0.165 e. The fraction of sp³-hybridized carbons (Fsp3) is 0.444. The highest BCUT2D eigenvalue weighted by Crippen LogP contribution is 2.26. The molecule has 4 rings (SSSR count). The van der Waals surface area contributed by atoms with Crippen molar-refractivity contribution < 1.29 is 4.74 Å².